The molecule has 1 heterocycles. The largest absolute Gasteiger partial charge is 0.374 e. The van der Waals surface area contributed by atoms with E-state index in [0.29, 0.717) is 13.2 Å². The van der Waals surface area contributed by atoms with Crippen LogP contribution >= 0.6 is 0 Å². The normalized spacial score (nSPS) is 20.6. The second-order valence-corrected chi connectivity index (χ2v) is 5.62. The molecule has 0 radical (unpaired) electrons. The smallest absolute Gasteiger partial charge is 0.254 e. The molecule has 1 aliphatic heterocycles. The third kappa shape index (κ3) is 3.76. The zero-order chi connectivity index (χ0) is 17.5. The maximum absolute atomic E-state index is 12.5. The standard InChI is InChI=1S/C20H23NO3/c1-5-7-13-21-17(18(23-4)15(3)6-2)19(20(21)22)24-14-16-11-9-8-10-12-16/h7-12,17-19H,1-2,13-14H2,3-4H3/t17?,18-,19?/m1/s1. The Kier molecular flexibility index (Phi) is 6.36. The van der Waals surface area contributed by atoms with Crippen LogP contribution in [0.5, 0.6) is 0 Å². The van der Waals surface area contributed by atoms with Crippen molar-refractivity contribution in [2.45, 2.75) is 31.8 Å². The van der Waals surface area contributed by atoms with Crippen LogP contribution in [0.1, 0.15) is 12.5 Å². The van der Waals surface area contributed by atoms with Crippen molar-refractivity contribution in [3.05, 3.63) is 72.2 Å². The third-order valence-electron chi connectivity index (χ3n) is 4.17. The third-order valence-corrected chi connectivity index (χ3v) is 4.17. The minimum Gasteiger partial charge on any atom is -0.374 e. The predicted molar refractivity (Wildman–Crippen MR) is 93.4 cm³/mol. The molecule has 126 valence electrons. The van der Waals surface area contributed by atoms with Crippen molar-refractivity contribution >= 4 is 5.91 Å². The van der Waals surface area contributed by atoms with E-state index in [1.165, 1.54) is 0 Å². The molecule has 1 aromatic rings. The molecule has 1 amide bonds. The molecular formula is C20H23NO3. The number of carbonyl (C=O) groups excluding carboxylic acids is 1. The summed E-state index contributed by atoms with van der Waals surface area (Å²) in [5, 5.41) is 0. The Morgan fingerprint density at radius 3 is 2.67 bits per heavy atom. The van der Waals surface area contributed by atoms with Crippen LogP contribution in [0.4, 0.5) is 0 Å². The first-order valence-electron chi connectivity index (χ1n) is 7.83. The van der Waals surface area contributed by atoms with Crippen molar-refractivity contribution < 1.29 is 14.3 Å². The molecule has 0 aliphatic carbocycles. The number of β-lactam (4-membered cyclic amide) rings is 1. The van der Waals surface area contributed by atoms with Gasteiger partial charge in [-0.1, -0.05) is 43.5 Å². The lowest BCUT2D eigenvalue weighted by molar-refractivity contribution is -0.184. The second-order valence-electron chi connectivity index (χ2n) is 5.62. The van der Waals surface area contributed by atoms with Crippen molar-refractivity contribution in [3.63, 3.8) is 0 Å². The van der Waals surface area contributed by atoms with Gasteiger partial charge in [0.05, 0.1) is 12.6 Å². The van der Waals surface area contributed by atoms with Gasteiger partial charge < -0.3 is 14.4 Å². The number of hydrogen-bond donors (Lipinski definition) is 0. The van der Waals surface area contributed by atoms with Gasteiger partial charge in [0.25, 0.3) is 5.91 Å². The van der Waals surface area contributed by atoms with Crippen LogP contribution in [0.25, 0.3) is 0 Å². The Bertz CT molecular complexity index is 669. The number of methoxy groups -OCH3 is 1. The summed E-state index contributed by atoms with van der Waals surface area (Å²) in [6.45, 7) is 9.93. The molecule has 4 heteroatoms. The van der Waals surface area contributed by atoms with E-state index in [2.05, 4.69) is 24.6 Å². The molecule has 1 saturated heterocycles. The number of ether oxygens (including phenoxy) is 2. The van der Waals surface area contributed by atoms with Crippen LogP contribution in [0.3, 0.4) is 0 Å². The van der Waals surface area contributed by atoms with E-state index in [1.54, 1.807) is 18.1 Å². The van der Waals surface area contributed by atoms with Crippen LogP contribution in [0.2, 0.25) is 0 Å². The fourth-order valence-corrected chi connectivity index (χ4v) is 2.84. The van der Waals surface area contributed by atoms with Crippen molar-refractivity contribution in [3.8, 4) is 0 Å². The number of nitrogens with zero attached hydrogens (tertiary/aromatic N) is 1. The molecule has 2 unspecified atom stereocenters. The quantitative estimate of drug-likeness (QED) is 0.545. The molecule has 0 spiro atoms. The summed E-state index contributed by atoms with van der Waals surface area (Å²) in [5.74, 6) is -0.0543. The number of carbonyl (C=O) groups is 1. The summed E-state index contributed by atoms with van der Waals surface area (Å²) < 4.78 is 11.5. The monoisotopic (exact) mass is 325 g/mol. The van der Waals surface area contributed by atoms with Gasteiger partial charge in [-0.05, 0) is 24.1 Å². The van der Waals surface area contributed by atoms with Gasteiger partial charge in [0.1, 0.15) is 6.10 Å². The molecule has 2 rings (SSSR count). The Morgan fingerprint density at radius 2 is 2.08 bits per heavy atom. The van der Waals surface area contributed by atoms with Crippen molar-refractivity contribution in [2.75, 3.05) is 13.7 Å². The van der Waals surface area contributed by atoms with Crippen molar-refractivity contribution in [1.29, 1.82) is 0 Å². The molecule has 3 atom stereocenters. The number of rotatable bonds is 8. The summed E-state index contributed by atoms with van der Waals surface area (Å²) in [4.78, 5) is 14.2. The van der Waals surface area contributed by atoms with Gasteiger partial charge in [-0.2, -0.15) is 0 Å². The van der Waals surface area contributed by atoms with E-state index in [1.807, 2.05) is 37.3 Å². The van der Waals surface area contributed by atoms with Crippen molar-refractivity contribution in [2.24, 2.45) is 0 Å². The first kappa shape index (κ1) is 18.0. The first-order chi connectivity index (χ1) is 11.6. The Morgan fingerprint density at radius 1 is 1.38 bits per heavy atom. The van der Waals surface area contributed by atoms with E-state index in [-0.39, 0.29) is 18.1 Å². The van der Waals surface area contributed by atoms with Crippen LogP contribution in [-0.4, -0.2) is 42.7 Å². The molecule has 1 fully saturated rings. The Hall–Kier alpha value is -2.35. The van der Waals surface area contributed by atoms with E-state index in [0.717, 1.165) is 11.1 Å². The highest BCUT2D eigenvalue weighted by Crippen LogP contribution is 2.30. The maximum Gasteiger partial charge on any atom is 0.254 e. The summed E-state index contributed by atoms with van der Waals surface area (Å²) >= 11 is 0. The summed E-state index contributed by atoms with van der Waals surface area (Å²) in [5.41, 5.74) is 7.43. The molecule has 4 nitrogen and oxygen atoms in total. The van der Waals surface area contributed by atoms with Crippen LogP contribution < -0.4 is 0 Å². The maximum atomic E-state index is 12.5. The lowest BCUT2D eigenvalue weighted by Crippen LogP contribution is -2.70. The minimum atomic E-state index is -0.545. The van der Waals surface area contributed by atoms with Gasteiger partial charge in [0.15, 0.2) is 6.10 Å². The Balaban J connectivity index is 2.16. The van der Waals surface area contributed by atoms with E-state index >= 15 is 0 Å². The van der Waals surface area contributed by atoms with Crippen molar-refractivity contribution in [1.82, 2.24) is 4.90 Å². The summed E-state index contributed by atoms with van der Waals surface area (Å²) in [7, 11) is 1.62. The van der Waals surface area contributed by atoms with Gasteiger partial charge in [0, 0.05) is 13.7 Å². The van der Waals surface area contributed by atoms with Gasteiger partial charge in [-0.25, -0.2) is 0 Å². The predicted octanol–water partition coefficient (Wildman–Crippen LogP) is 2.87. The lowest BCUT2D eigenvalue weighted by atomic mass is 9.88. The highest BCUT2D eigenvalue weighted by molar-refractivity contribution is 5.89. The fraction of sp³-hybridized carbons (Fsp3) is 0.350. The summed E-state index contributed by atoms with van der Waals surface area (Å²) in [6, 6.07) is 9.57. The molecule has 24 heavy (non-hydrogen) atoms. The van der Waals surface area contributed by atoms with E-state index in [4.69, 9.17) is 9.47 Å². The van der Waals surface area contributed by atoms with Gasteiger partial charge in [-0.3, -0.25) is 4.79 Å². The number of benzene rings is 1. The fourth-order valence-electron chi connectivity index (χ4n) is 2.84. The topological polar surface area (TPSA) is 38.8 Å². The number of likely N-dealkylation sites (tertiary alicyclic amines) is 1. The number of amides is 1. The van der Waals surface area contributed by atoms with E-state index < -0.39 is 6.10 Å². The highest BCUT2D eigenvalue weighted by atomic mass is 16.5. The molecule has 0 aromatic heterocycles. The number of hydrogen-bond acceptors (Lipinski definition) is 3. The molecule has 0 bridgehead atoms. The average molecular weight is 325 g/mol. The molecular weight excluding hydrogens is 302 g/mol. The first-order valence-corrected chi connectivity index (χ1v) is 7.83. The van der Waals surface area contributed by atoms with Gasteiger partial charge >= 0.3 is 0 Å². The van der Waals surface area contributed by atoms with Crippen LogP contribution in [0, 0.1) is 0 Å². The molecule has 0 N–H and O–H groups in total. The molecule has 0 saturated carbocycles. The van der Waals surface area contributed by atoms with Gasteiger partial charge in [0.2, 0.25) is 0 Å². The lowest BCUT2D eigenvalue weighted by Gasteiger charge is -2.49. The minimum absolute atomic E-state index is 0.0543. The molecule has 1 aliphatic rings. The average Bonchev–Trinajstić information content (AvgIpc) is 2.62. The van der Waals surface area contributed by atoms with Crippen LogP contribution in [-0.2, 0) is 20.9 Å². The van der Waals surface area contributed by atoms with Gasteiger partial charge in [-0.15, -0.1) is 11.5 Å². The summed E-state index contributed by atoms with van der Waals surface area (Å²) in [6.07, 6.45) is 0.869. The SMILES string of the molecule is C=C=CCN1C(=O)C(OCc2ccccc2)C1[C@H](OC)C(C)=C=C. The zero-order valence-corrected chi connectivity index (χ0v) is 14.2. The zero-order valence-electron chi connectivity index (χ0n) is 14.2. The Labute approximate surface area is 143 Å². The molecule has 1 aromatic carbocycles. The van der Waals surface area contributed by atoms with Crippen LogP contribution in [0.15, 0.2) is 66.6 Å². The van der Waals surface area contributed by atoms with E-state index in [9.17, 15) is 4.79 Å². The highest BCUT2D eigenvalue weighted by Gasteiger charge is 2.52. The second kappa shape index (κ2) is 8.49.